The molecule has 0 amide bonds. The summed E-state index contributed by atoms with van der Waals surface area (Å²) in [6.07, 6.45) is 0. The van der Waals surface area contributed by atoms with Crippen molar-refractivity contribution in [3.8, 4) is 0 Å². The van der Waals surface area contributed by atoms with Gasteiger partial charge in [0.1, 0.15) is 0 Å². The van der Waals surface area contributed by atoms with Gasteiger partial charge in [-0.25, -0.2) is 0 Å². The second kappa shape index (κ2) is 7.39. The molecule has 0 aliphatic rings. The van der Waals surface area contributed by atoms with Crippen molar-refractivity contribution in [3.05, 3.63) is 0 Å². The van der Waals surface area contributed by atoms with E-state index in [9.17, 15) is 9.46 Å². The van der Waals surface area contributed by atoms with Crippen molar-refractivity contribution < 1.29 is 64.4 Å². The van der Waals surface area contributed by atoms with Crippen molar-refractivity contribution in [1.29, 1.82) is 0 Å². The molecule has 0 fully saturated rings. The van der Waals surface area contributed by atoms with Crippen LogP contribution in [0.5, 0.6) is 0 Å². The Morgan fingerprint density at radius 2 is 1.64 bits per heavy atom. The van der Waals surface area contributed by atoms with Gasteiger partial charge in [-0.1, -0.05) is 0 Å². The first-order chi connectivity index (χ1) is 5.12. The first kappa shape index (κ1) is 13.0. The zero-order chi connectivity index (χ0) is 8.74. The topological polar surface area (TPSA) is 58.6 Å². The Bertz CT molecular complexity index is 130. The third-order valence-electron chi connectivity index (χ3n) is 0.907. The number of hydrogen-bond acceptors (Lipinski definition) is 4. The standard InChI is InChI=1S/2C2H5.2Hg.H3O4P/c2*1-2;;;1-5(2,3)4/h2*1H2,2H3;;;(H3,1,2,3,4)/q;;2*+1;/p-3. The van der Waals surface area contributed by atoms with Crippen LogP contribution >= 0.6 is 7.82 Å². The molecule has 0 radical (unpaired) electrons. The Morgan fingerprint density at radius 1 is 1.27 bits per heavy atom. The summed E-state index contributed by atoms with van der Waals surface area (Å²) in [5.74, 6) is 0. The number of hydrogen-bond donors (Lipinski definition) is 0. The minimum atomic E-state index is -3.78. The van der Waals surface area contributed by atoms with E-state index in [2.05, 4.69) is 0 Å². The molecule has 0 saturated carbocycles. The van der Waals surface area contributed by atoms with Gasteiger partial charge in [-0.05, 0) is 0 Å². The van der Waals surface area contributed by atoms with Crippen LogP contribution in [0.25, 0.3) is 0 Å². The summed E-state index contributed by atoms with van der Waals surface area (Å²) < 4.78 is 22.1. The van der Waals surface area contributed by atoms with Crippen molar-refractivity contribution in [3.63, 3.8) is 0 Å². The molecule has 0 unspecified atom stereocenters. The third-order valence-corrected chi connectivity index (χ3v) is 16.7. The van der Waals surface area contributed by atoms with Crippen LogP contribution in [0.2, 0.25) is 7.86 Å². The monoisotopic (exact) mass is 557 g/mol. The van der Waals surface area contributed by atoms with Crippen LogP contribution in [0.1, 0.15) is 13.8 Å². The molecule has 0 aromatic carbocycles. The molecule has 0 aliphatic heterocycles. The van der Waals surface area contributed by atoms with Gasteiger partial charge in [0.2, 0.25) is 0 Å². The zero-order valence-electron chi connectivity index (χ0n) is 6.91. The van der Waals surface area contributed by atoms with Gasteiger partial charge >= 0.3 is 93.9 Å². The minimum absolute atomic E-state index is 0.915. The van der Waals surface area contributed by atoms with Crippen LogP contribution in [-0.2, 0) is 59.5 Å². The molecule has 7 heteroatoms. The quantitative estimate of drug-likeness (QED) is 0.368. The second-order valence-electron chi connectivity index (χ2n) is 2.11. The molecule has 4 nitrogen and oxygen atoms in total. The molecular weight excluding hydrogens is 544 g/mol. The zero-order valence-corrected chi connectivity index (χ0v) is 18.8. The van der Waals surface area contributed by atoms with Gasteiger partial charge in [0, 0.05) is 0 Å². The van der Waals surface area contributed by atoms with Crippen molar-refractivity contribution in [2.24, 2.45) is 0 Å². The van der Waals surface area contributed by atoms with Gasteiger partial charge in [0.15, 0.2) is 0 Å². The van der Waals surface area contributed by atoms with Gasteiger partial charge in [-0.2, -0.15) is 0 Å². The first-order valence-corrected chi connectivity index (χ1v) is 17.4. The predicted molar refractivity (Wildman–Crippen MR) is 30.7 cm³/mol. The predicted octanol–water partition coefficient (Wildman–Crippen LogP) is 1.36. The van der Waals surface area contributed by atoms with Crippen LogP contribution in [0.4, 0.5) is 0 Å². The fourth-order valence-electron chi connectivity index (χ4n) is 0.443. The Hall–Kier alpha value is 1.98. The van der Waals surface area contributed by atoms with E-state index in [-0.39, 0.29) is 0 Å². The Kier molecular flexibility index (Phi) is 8.72. The SMILES string of the molecule is C[CH2][Hg][O]P(=O)([O-])[O][Hg][CH2]C. The van der Waals surface area contributed by atoms with Crippen molar-refractivity contribution in [2.75, 3.05) is 0 Å². The Balaban J connectivity index is 3.53. The fraction of sp³-hybridized carbons (Fsp3) is 1.00. The molecule has 0 atom stereocenters. The fourth-order valence-corrected chi connectivity index (χ4v) is 19.3. The van der Waals surface area contributed by atoms with E-state index in [0.717, 1.165) is 7.86 Å². The van der Waals surface area contributed by atoms with E-state index in [4.69, 9.17) is 4.86 Å². The summed E-state index contributed by atoms with van der Waals surface area (Å²) in [6, 6.07) is 0. The van der Waals surface area contributed by atoms with Gasteiger partial charge < -0.3 is 0 Å². The third kappa shape index (κ3) is 8.31. The van der Waals surface area contributed by atoms with Crippen LogP contribution in [-0.4, -0.2) is 0 Å². The average Bonchev–Trinajstić information content (AvgIpc) is 1.97. The van der Waals surface area contributed by atoms with Crippen molar-refractivity contribution in [2.45, 2.75) is 21.7 Å². The van der Waals surface area contributed by atoms with Gasteiger partial charge in [-0.3, -0.25) is 0 Å². The van der Waals surface area contributed by atoms with Crippen LogP contribution < -0.4 is 4.89 Å². The second-order valence-corrected chi connectivity index (χ2v) is 20.5. The molecule has 11 heavy (non-hydrogen) atoms. The van der Waals surface area contributed by atoms with Crippen LogP contribution in [0, 0.1) is 0 Å². The molecule has 0 N–H and O–H groups in total. The van der Waals surface area contributed by atoms with E-state index in [1.54, 1.807) is 0 Å². The summed E-state index contributed by atoms with van der Waals surface area (Å²) >= 11 is -3.08. The summed E-state index contributed by atoms with van der Waals surface area (Å²) in [5.41, 5.74) is 0. The summed E-state index contributed by atoms with van der Waals surface area (Å²) in [4.78, 5) is 10.8. The molecule has 0 spiro atoms. The van der Waals surface area contributed by atoms with Gasteiger partial charge in [0.05, 0.1) is 0 Å². The molecule has 0 heterocycles. The average molecular weight is 554 g/mol. The molecule has 0 bridgehead atoms. The molecule has 0 aromatic rings. The molecule has 0 aromatic heterocycles. The first-order valence-electron chi connectivity index (χ1n) is 3.72. The number of rotatable bonds is 6. The van der Waals surface area contributed by atoms with Crippen molar-refractivity contribution >= 4 is 7.82 Å². The Morgan fingerprint density at radius 3 is 1.91 bits per heavy atom. The molecule has 0 rings (SSSR count). The molecule has 60 valence electrons. The van der Waals surface area contributed by atoms with Crippen molar-refractivity contribution in [1.82, 2.24) is 0 Å². The normalized spacial score (nSPS) is 10.5. The summed E-state index contributed by atoms with van der Waals surface area (Å²) in [5, 5.41) is 0. The summed E-state index contributed by atoms with van der Waals surface area (Å²) in [6.45, 7) is 3.90. The van der Waals surface area contributed by atoms with E-state index >= 15 is 0 Å². The Labute approximate surface area is 92.9 Å². The molecule has 0 aliphatic carbocycles. The van der Waals surface area contributed by atoms with E-state index in [1.807, 2.05) is 13.8 Å². The van der Waals surface area contributed by atoms with E-state index in [0.29, 0.717) is 0 Å². The van der Waals surface area contributed by atoms with Crippen LogP contribution in [0.15, 0.2) is 0 Å². The van der Waals surface area contributed by atoms with E-state index in [1.165, 1.54) is 0 Å². The maximum absolute atomic E-state index is 10.8. The number of phosphoric acid groups is 1. The van der Waals surface area contributed by atoms with Gasteiger partial charge in [0.25, 0.3) is 0 Å². The van der Waals surface area contributed by atoms with E-state index < -0.39 is 57.9 Å². The van der Waals surface area contributed by atoms with Gasteiger partial charge in [-0.15, -0.1) is 0 Å². The maximum atomic E-state index is 10.8. The summed E-state index contributed by atoms with van der Waals surface area (Å²) in [7, 11) is -3.78. The van der Waals surface area contributed by atoms with Crippen LogP contribution in [0.3, 0.4) is 0 Å². The molecular formula is C4H10Hg2O4P-. The molecule has 0 saturated heterocycles.